The van der Waals surface area contributed by atoms with Gasteiger partial charge in [-0.25, -0.2) is 5.01 Å². The number of nitrogens with zero attached hydrogens (tertiary/aromatic N) is 3. The van der Waals surface area contributed by atoms with Crippen LogP contribution < -0.4 is 0 Å². The van der Waals surface area contributed by atoms with Crippen LogP contribution in [0.15, 0.2) is 71.1 Å². The lowest BCUT2D eigenvalue weighted by atomic mass is 9.74. The highest BCUT2D eigenvalue weighted by Gasteiger charge is 2.44. The normalized spacial score (nSPS) is 25.3. The monoisotopic (exact) mass is 337 g/mol. The first kappa shape index (κ1) is 17.1. The summed E-state index contributed by atoms with van der Waals surface area (Å²) < 4.78 is 0. The van der Waals surface area contributed by atoms with Crippen LogP contribution in [-0.2, 0) is 0 Å². The Kier molecular flexibility index (Phi) is 5.12. The zero-order chi connectivity index (χ0) is 17.8. The van der Waals surface area contributed by atoms with E-state index in [0.717, 1.165) is 16.8 Å². The van der Waals surface area contributed by atoms with Gasteiger partial charge < -0.3 is 5.21 Å². The zero-order valence-electron chi connectivity index (χ0n) is 14.5. The first-order valence-electron chi connectivity index (χ1n) is 8.59. The van der Waals surface area contributed by atoms with Crippen LogP contribution in [0.2, 0.25) is 0 Å². The van der Waals surface area contributed by atoms with Crippen molar-refractivity contribution in [2.24, 2.45) is 22.3 Å². The second-order valence-electron chi connectivity index (χ2n) is 6.81. The molecule has 0 saturated carbocycles. The number of hydrogen-bond donors (Lipinski definition) is 1. The van der Waals surface area contributed by atoms with Crippen molar-refractivity contribution in [3.8, 4) is 0 Å². The molecule has 130 valence electrons. The fraction of sp³-hybridized carbons (Fsp3) is 0.350. The van der Waals surface area contributed by atoms with Crippen molar-refractivity contribution in [1.82, 2.24) is 5.01 Å². The molecule has 1 saturated heterocycles. The summed E-state index contributed by atoms with van der Waals surface area (Å²) in [5.41, 5.74) is 2.71. The van der Waals surface area contributed by atoms with Crippen LogP contribution in [0.1, 0.15) is 43.5 Å². The largest absolute Gasteiger partial charge is 0.411 e. The second kappa shape index (κ2) is 7.47. The summed E-state index contributed by atoms with van der Waals surface area (Å²) in [5, 5.41) is 18.3. The van der Waals surface area contributed by atoms with E-state index in [9.17, 15) is 10.1 Å². The van der Waals surface area contributed by atoms with E-state index in [0.29, 0.717) is 6.42 Å². The summed E-state index contributed by atoms with van der Waals surface area (Å²) in [6.07, 6.45) is 0.485. The first-order valence-corrected chi connectivity index (χ1v) is 8.59. The molecule has 0 amide bonds. The van der Waals surface area contributed by atoms with Gasteiger partial charge in [-0.1, -0.05) is 79.7 Å². The van der Waals surface area contributed by atoms with E-state index in [1.165, 1.54) is 0 Å². The molecule has 0 aliphatic carbocycles. The minimum Gasteiger partial charge on any atom is -0.411 e. The van der Waals surface area contributed by atoms with Gasteiger partial charge in [0.2, 0.25) is 0 Å². The molecule has 0 radical (unpaired) electrons. The van der Waals surface area contributed by atoms with E-state index in [4.69, 9.17) is 0 Å². The Labute approximate surface area is 147 Å². The van der Waals surface area contributed by atoms with Crippen molar-refractivity contribution >= 4 is 5.71 Å². The predicted molar refractivity (Wildman–Crippen MR) is 98.2 cm³/mol. The number of hydrogen-bond acceptors (Lipinski definition) is 4. The van der Waals surface area contributed by atoms with E-state index in [2.05, 4.69) is 24.3 Å². The highest BCUT2D eigenvalue weighted by molar-refractivity contribution is 5.89. The fourth-order valence-corrected chi connectivity index (χ4v) is 3.89. The molecule has 0 bridgehead atoms. The van der Waals surface area contributed by atoms with Crippen LogP contribution in [0.3, 0.4) is 0 Å². The Hall–Kier alpha value is -2.69. The van der Waals surface area contributed by atoms with Gasteiger partial charge in [-0.2, -0.15) is 0 Å². The summed E-state index contributed by atoms with van der Waals surface area (Å²) in [5.74, 6) is 0.127. The third-order valence-electron chi connectivity index (χ3n) is 5.00. The van der Waals surface area contributed by atoms with Crippen LogP contribution in [0.25, 0.3) is 0 Å². The Morgan fingerprint density at radius 2 is 1.56 bits per heavy atom. The minimum atomic E-state index is -0.261. The van der Waals surface area contributed by atoms with E-state index in [1.54, 1.807) is 5.01 Å². The first-order chi connectivity index (χ1) is 12.2. The molecule has 3 atom stereocenters. The van der Waals surface area contributed by atoms with Gasteiger partial charge in [0.25, 0.3) is 0 Å². The second-order valence-corrected chi connectivity index (χ2v) is 6.81. The molecule has 1 fully saturated rings. The van der Waals surface area contributed by atoms with Gasteiger partial charge >= 0.3 is 0 Å². The topological polar surface area (TPSA) is 65.3 Å². The lowest BCUT2D eigenvalue weighted by Gasteiger charge is -2.45. The number of benzene rings is 2. The van der Waals surface area contributed by atoms with Crippen molar-refractivity contribution in [2.45, 2.75) is 32.4 Å². The molecule has 0 aromatic heterocycles. The molecule has 3 unspecified atom stereocenters. The molecule has 5 nitrogen and oxygen atoms in total. The van der Waals surface area contributed by atoms with Crippen molar-refractivity contribution in [2.75, 3.05) is 0 Å². The summed E-state index contributed by atoms with van der Waals surface area (Å²) >= 11 is 0. The summed E-state index contributed by atoms with van der Waals surface area (Å²) in [6, 6.07) is 19.2. The molecule has 1 aliphatic rings. The lowest BCUT2D eigenvalue weighted by molar-refractivity contribution is 0.0747. The van der Waals surface area contributed by atoms with Gasteiger partial charge in [0.05, 0.1) is 23.1 Å². The Morgan fingerprint density at radius 3 is 2.04 bits per heavy atom. The van der Waals surface area contributed by atoms with Gasteiger partial charge in [-0.15, -0.1) is 4.91 Å². The molecule has 1 N–H and O–H groups in total. The van der Waals surface area contributed by atoms with Crippen molar-refractivity contribution in [3.63, 3.8) is 0 Å². The average molecular weight is 337 g/mol. The van der Waals surface area contributed by atoms with E-state index in [-0.39, 0.29) is 23.9 Å². The van der Waals surface area contributed by atoms with Gasteiger partial charge in [-0.05, 0) is 17.0 Å². The minimum absolute atomic E-state index is 0.0786. The summed E-state index contributed by atoms with van der Waals surface area (Å²) in [7, 11) is 0. The molecule has 5 heteroatoms. The molecule has 3 rings (SSSR count). The Bertz CT molecular complexity index is 731. The zero-order valence-corrected chi connectivity index (χ0v) is 14.5. The smallest absolute Gasteiger partial charge is 0.0843 e. The molecule has 25 heavy (non-hydrogen) atoms. The maximum Gasteiger partial charge on any atom is 0.0843 e. The van der Waals surface area contributed by atoms with Gasteiger partial charge in [-0.3, -0.25) is 0 Å². The molecule has 1 heterocycles. The standard InChI is InChI=1S/C20H23N3O2/c1-14(2)19-17(21-24)13-18(15-9-5-3-6-10-15)23(22-25)20(19)16-11-7-4-8-12-16/h3-12,14,18-20,24H,13H2,1-2H3. The quantitative estimate of drug-likeness (QED) is 0.487. The molecule has 0 spiro atoms. The number of piperidine rings is 1. The Morgan fingerprint density at radius 1 is 1.00 bits per heavy atom. The van der Waals surface area contributed by atoms with Gasteiger partial charge in [0.1, 0.15) is 0 Å². The van der Waals surface area contributed by atoms with Crippen LogP contribution in [0.4, 0.5) is 0 Å². The van der Waals surface area contributed by atoms with Crippen LogP contribution in [0, 0.1) is 16.7 Å². The Balaban J connectivity index is 2.12. The molecular weight excluding hydrogens is 314 g/mol. The highest BCUT2D eigenvalue weighted by atomic mass is 16.4. The van der Waals surface area contributed by atoms with Crippen molar-refractivity contribution in [3.05, 3.63) is 76.7 Å². The maximum atomic E-state index is 11.9. The van der Waals surface area contributed by atoms with Crippen LogP contribution in [-0.4, -0.2) is 15.9 Å². The molecular formula is C20H23N3O2. The highest BCUT2D eigenvalue weighted by Crippen LogP contribution is 2.46. The van der Waals surface area contributed by atoms with E-state index < -0.39 is 0 Å². The van der Waals surface area contributed by atoms with E-state index >= 15 is 0 Å². The third kappa shape index (κ3) is 3.27. The van der Waals surface area contributed by atoms with E-state index in [1.807, 2.05) is 60.7 Å². The molecule has 2 aromatic carbocycles. The lowest BCUT2D eigenvalue weighted by Crippen LogP contribution is -2.45. The summed E-state index contributed by atoms with van der Waals surface area (Å²) in [4.78, 5) is 11.9. The average Bonchev–Trinajstić information content (AvgIpc) is 2.67. The number of oxime groups is 1. The predicted octanol–water partition coefficient (Wildman–Crippen LogP) is 4.96. The summed E-state index contributed by atoms with van der Waals surface area (Å²) in [6.45, 7) is 4.16. The van der Waals surface area contributed by atoms with Crippen LogP contribution in [0.5, 0.6) is 0 Å². The SMILES string of the molecule is CC(C)C1C(=NO)CC(c2ccccc2)N(N=O)C1c1ccccc1. The fourth-order valence-electron chi connectivity index (χ4n) is 3.89. The number of nitroso groups, excluding NO2 is 1. The number of rotatable bonds is 4. The van der Waals surface area contributed by atoms with Crippen molar-refractivity contribution in [1.29, 1.82) is 0 Å². The van der Waals surface area contributed by atoms with Gasteiger partial charge in [0.15, 0.2) is 0 Å². The maximum absolute atomic E-state index is 11.9. The molecule has 1 aliphatic heterocycles. The molecule has 2 aromatic rings. The third-order valence-corrected chi connectivity index (χ3v) is 5.00. The van der Waals surface area contributed by atoms with Crippen molar-refractivity contribution < 1.29 is 5.21 Å². The van der Waals surface area contributed by atoms with Gasteiger partial charge in [0, 0.05) is 12.3 Å². The van der Waals surface area contributed by atoms with Crippen LogP contribution >= 0.6 is 0 Å².